The van der Waals surface area contributed by atoms with Gasteiger partial charge >= 0.3 is 0 Å². The molecule has 0 radical (unpaired) electrons. The molecule has 0 aromatic carbocycles. The number of nitrogens with one attached hydrogen (secondary N) is 1. The number of aliphatic hydroxyl groups is 4. The molecule has 0 bridgehead atoms. The van der Waals surface area contributed by atoms with Crippen LogP contribution in [-0.2, 0) is 4.79 Å². The van der Waals surface area contributed by atoms with Crippen molar-refractivity contribution in [3.63, 3.8) is 0 Å². The van der Waals surface area contributed by atoms with E-state index in [9.17, 15) is 25.2 Å². The lowest BCUT2D eigenvalue weighted by Crippen LogP contribution is -2.53. The zero-order chi connectivity index (χ0) is 28.3. The van der Waals surface area contributed by atoms with Crippen LogP contribution < -0.4 is 5.32 Å². The summed E-state index contributed by atoms with van der Waals surface area (Å²) in [4.78, 5) is 12.3. The number of rotatable bonds is 28. The summed E-state index contributed by atoms with van der Waals surface area (Å²) >= 11 is 0. The van der Waals surface area contributed by atoms with Crippen molar-refractivity contribution in [3.8, 4) is 0 Å². The van der Waals surface area contributed by atoms with E-state index in [1.807, 2.05) is 0 Å². The molecule has 0 saturated carbocycles. The van der Waals surface area contributed by atoms with Crippen LogP contribution in [0.4, 0.5) is 0 Å². The van der Waals surface area contributed by atoms with E-state index in [1.54, 1.807) is 0 Å². The van der Waals surface area contributed by atoms with Crippen LogP contribution in [0.3, 0.4) is 0 Å². The van der Waals surface area contributed by atoms with Gasteiger partial charge in [-0.3, -0.25) is 4.79 Å². The van der Waals surface area contributed by atoms with Crippen LogP contribution >= 0.6 is 0 Å². The van der Waals surface area contributed by atoms with Crippen molar-refractivity contribution in [2.45, 2.75) is 179 Å². The van der Waals surface area contributed by atoms with Crippen LogP contribution in [0.1, 0.15) is 155 Å². The molecule has 4 atom stereocenters. The Morgan fingerprint density at radius 1 is 0.632 bits per heavy atom. The Bertz CT molecular complexity index is 542. The zero-order valence-electron chi connectivity index (χ0n) is 24.9. The molecule has 0 spiro atoms. The predicted molar refractivity (Wildman–Crippen MR) is 159 cm³/mol. The molecule has 0 rings (SSSR count). The van der Waals surface area contributed by atoms with Crippen LogP contribution in [-0.4, -0.2) is 57.3 Å². The highest BCUT2D eigenvalue weighted by Gasteiger charge is 2.28. The van der Waals surface area contributed by atoms with Crippen LogP contribution in [0, 0.1) is 0 Å². The number of aliphatic hydroxyl groups excluding tert-OH is 4. The summed E-state index contributed by atoms with van der Waals surface area (Å²) in [6.45, 7) is 3.95. The normalized spacial score (nSPS) is 15.0. The molecule has 4 unspecified atom stereocenters. The molecule has 0 aromatic heterocycles. The van der Waals surface area contributed by atoms with Crippen molar-refractivity contribution in [1.82, 2.24) is 5.32 Å². The van der Waals surface area contributed by atoms with E-state index in [1.165, 1.54) is 70.6 Å². The molecule has 0 fully saturated rings. The van der Waals surface area contributed by atoms with Crippen molar-refractivity contribution < 1.29 is 25.2 Å². The minimum atomic E-state index is -1.26. The van der Waals surface area contributed by atoms with E-state index in [-0.39, 0.29) is 0 Å². The molecule has 0 aliphatic heterocycles. The van der Waals surface area contributed by atoms with E-state index < -0.39 is 36.9 Å². The van der Waals surface area contributed by atoms with Gasteiger partial charge in [0.2, 0.25) is 5.91 Å². The molecule has 0 aromatic rings. The van der Waals surface area contributed by atoms with Crippen LogP contribution in [0.25, 0.3) is 0 Å². The molecule has 5 N–H and O–H groups in total. The van der Waals surface area contributed by atoms with Crippen LogP contribution in [0.15, 0.2) is 12.2 Å². The van der Waals surface area contributed by atoms with Crippen molar-refractivity contribution in [3.05, 3.63) is 12.2 Å². The molecule has 0 aliphatic rings. The highest BCUT2D eigenvalue weighted by Crippen LogP contribution is 2.15. The summed E-state index contributed by atoms with van der Waals surface area (Å²) in [5.74, 6) is -0.598. The van der Waals surface area contributed by atoms with Crippen molar-refractivity contribution in [2.75, 3.05) is 6.61 Å². The van der Waals surface area contributed by atoms with E-state index in [0.717, 1.165) is 57.8 Å². The fourth-order valence-corrected chi connectivity index (χ4v) is 4.79. The second-order valence-corrected chi connectivity index (χ2v) is 11.2. The maximum absolute atomic E-state index is 12.3. The number of hydrogen-bond donors (Lipinski definition) is 5. The van der Waals surface area contributed by atoms with Gasteiger partial charge in [0.05, 0.1) is 18.8 Å². The second kappa shape index (κ2) is 27.6. The fourth-order valence-electron chi connectivity index (χ4n) is 4.79. The second-order valence-electron chi connectivity index (χ2n) is 11.2. The van der Waals surface area contributed by atoms with Gasteiger partial charge in [-0.1, -0.05) is 135 Å². The van der Waals surface area contributed by atoms with Gasteiger partial charge in [0, 0.05) is 0 Å². The first-order chi connectivity index (χ1) is 18.5. The maximum atomic E-state index is 12.3. The monoisotopic (exact) mass is 541 g/mol. The number of allylic oxidation sites excluding steroid dienone is 2. The van der Waals surface area contributed by atoms with Gasteiger partial charge in [0.1, 0.15) is 12.2 Å². The quantitative estimate of drug-likeness (QED) is 0.0557. The third-order valence-corrected chi connectivity index (χ3v) is 7.48. The molecular weight excluding hydrogens is 478 g/mol. The summed E-state index contributed by atoms with van der Waals surface area (Å²) in [6.07, 6.45) is 25.2. The maximum Gasteiger partial charge on any atom is 0.249 e. The number of amides is 1. The molecule has 6 heteroatoms. The summed E-state index contributed by atoms with van der Waals surface area (Å²) in [5, 5.41) is 43.1. The largest absolute Gasteiger partial charge is 0.394 e. The van der Waals surface area contributed by atoms with Gasteiger partial charge in [-0.2, -0.15) is 0 Å². The Balaban J connectivity index is 3.91. The fraction of sp³-hybridized carbons (Fsp3) is 0.906. The Hall–Kier alpha value is -0.950. The van der Waals surface area contributed by atoms with Gasteiger partial charge in [-0.05, 0) is 32.1 Å². The first-order valence-corrected chi connectivity index (χ1v) is 16.1. The predicted octanol–water partition coefficient (Wildman–Crippen LogP) is 6.72. The number of unbranched alkanes of at least 4 members (excludes halogenated alkanes) is 17. The minimum absolute atomic E-state index is 0.355. The third-order valence-electron chi connectivity index (χ3n) is 7.48. The summed E-state index contributed by atoms with van der Waals surface area (Å²) in [6, 6.07) is -0.982. The molecule has 0 saturated heterocycles. The van der Waals surface area contributed by atoms with E-state index in [4.69, 9.17) is 0 Å². The third kappa shape index (κ3) is 21.9. The average Bonchev–Trinajstić information content (AvgIpc) is 2.92. The van der Waals surface area contributed by atoms with Gasteiger partial charge in [-0.25, -0.2) is 0 Å². The summed E-state index contributed by atoms with van der Waals surface area (Å²) in [7, 11) is 0. The molecule has 226 valence electrons. The minimum Gasteiger partial charge on any atom is -0.394 e. The molecule has 0 heterocycles. The first-order valence-electron chi connectivity index (χ1n) is 16.1. The van der Waals surface area contributed by atoms with Crippen molar-refractivity contribution >= 4 is 5.91 Å². The van der Waals surface area contributed by atoms with E-state index >= 15 is 0 Å². The van der Waals surface area contributed by atoms with Crippen molar-refractivity contribution in [2.24, 2.45) is 0 Å². The van der Waals surface area contributed by atoms with Gasteiger partial charge in [-0.15, -0.1) is 0 Å². The summed E-state index contributed by atoms with van der Waals surface area (Å²) < 4.78 is 0. The molecule has 6 nitrogen and oxygen atoms in total. The van der Waals surface area contributed by atoms with Crippen molar-refractivity contribution in [1.29, 1.82) is 0 Å². The number of carbonyl (C=O) groups excluding carboxylic acids is 1. The van der Waals surface area contributed by atoms with Crippen LogP contribution in [0.2, 0.25) is 0 Å². The standard InChI is InChI=1S/C32H63NO5/c1-3-5-7-9-11-13-15-16-18-19-21-23-25-29(35)31(37)28(27-34)33-32(38)30(36)26-24-22-20-17-14-12-10-8-6-4-2/h10,12,28-31,34-37H,3-9,11,13-27H2,1-2H3,(H,33,38)/b12-10-. The number of carbonyl (C=O) groups is 1. The zero-order valence-corrected chi connectivity index (χ0v) is 24.9. The van der Waals surface area contributed by atoms with Gasteiger partial charge in [0.15, 0.2) is 0 Å². The molecule has 0 aliphatic carbocycles. The Labute approximate surface area is 234 Å². The van der Waals surface area contributed by atoms with E-state index in [0.29, 0.717) is 12.8 Å². The topological polar surface area (TPSA) is 110 Å². The smallest absolute Gasteiger partial charge is 0.249 e. The average molecular weight is 542 g/mol. The van der Waals surface area contributed by atoms with E-state index in [2.05, 4.69) is 31.3 Å². The highest BCUT2D eigenvalue weighted by atomic mass is 16.3. The molecule has 38 heavy (non-hydrogen) atoms. The molecule has 1 amide bonds. The van der Waals surface area contributed by atoms with Gasteiger partial charge in [0.25, 0.3) is 0 Å². The Morgan fingerprint density at radius 3 is 1.61 bits per heavy atom. The molecular formula is C32H63NO5. The highest BCUT2D eigenvalue weighted by molar-refractivity contribution is 5.80. The SMILES string of the molecule is CCCC/C=C\CCCCCCC(O)C(=O)NC(CO)C(O)C(O)CCCCCCCCCCCCCC. The lowest BCUT2D eigenvalue weighted by molar-refractivity contribution is -0.132. The first kappa shape index (κ1) is 37.0. The van der Waals surface area contributed by atoms with Crippen LogP contribution in [0.5, 0.6) is 0 Å². The van der Waals surface area contributed by atoms with Gasteiger partial charge < -0.3 is 25.7 Å². The lowest BCUT2D eigenvalue weighted by atomic mass is 9.99. The summed E-state index contributed by atoms with van der Waals surface area (Å²) in [5.41, 5.74) is 0. The lowest BCUT2D eigenvalue weighted by Gasteiger charge is -2.27. The Kier molecular flexibility index (Phi) is 26.9. The number of hydrogen-bond acceptors (Lipinski definition) is 5. The Morgan fingerprint density at radius 2 is 1.08 bits per heavy atom.